The predicted octanol–water partition coefficient (Wildman–Crippen LogP) is 0.622. The fourth-order valence-electron chi connectivity index (χ4n) is 5.79. The van der Waals surface area contributed by atoms with Crippen LogP contribution in [0.15, 0.2) is 12.5 Å². The van der Waals surface area contributed by atoms with E-state index >= 15 is 0 Å². The van der Waals surface area contributed by atoms with Crippen molar-refractivity contribution in [2.45, 2.75) is 43.7 Å². The fourth-order valence-corrected chi connectivity index (χ4v) is 5.79. The van der Waals surface area contributed by atoms with Gasteiger partial charge >= 0.3 is 6.03 Å². The molecule has 0 radical (unpaired) electrons. The van der Waals surface area contributed by atoms with E-state index in [4.69, 9.17) is 5.73 Å². The minimum absolute atomic E-state index is 0.168. The number of hydrazine groups is 1. The number of aliphatic hydroxyl groups is 1. The van der Waals surface area contributed by atoms with Crippen molar-refractivity contribution in [3.8, 4) is 0 Å². The van der Waals surface area contributed by atoms with E-state index in [2.05, 4.69) is 31.1 Å². The number of hydrogen-bond acceptors (Lipinski definition) is 6. The molecule has 0 saturated heterocycles. The van der Waals surface area contributed by atoms with E-state index in [-0.39, 0.29) is 11.6 Å². The molecule has 10 heteroatoms. The lowest BCUT2D eigenvalue weighted by Gasteiger charge is -2.58. The number of imidazole rings is 1. The highest BCUT2D eigenvalue weighted by Crippen LogP contribution is 2.56. The number of pyridine rings is 1. The van der Waals surface area contributed by atoms with Crippen LogP contribution in [0.3, 0.4) is 0 Å². The Morgan fingerprint density at radius 1 is 1.18 bits per heavy atom. The molecule has 4 saturated carbocycles. The number of nitrogens with zero attached hydrogens (tertiary/aromatic N) is 2. The van der Waals surface area contributed by atoms with Gasteiger partial charge in [0.2, 0.25) is 0 Å². The highest BCUT2D eigenvalue weighted by Gasteiger charge is 2.54. The number of urea groups is 1. The molecule has 4 bridgehead atoms. The first kappa shape index (κ1) is 17.2. The number of fused-ring (bicyclic) bond motifs is 1. The number of carbonyl (C=O) groups excluding carboxylic acids is 2. The van der Waals surface area contributed by atoms with Gasteiger partial charge in [-0.05, 0) is 49.9 Å². The first-order valence-corrected chi connectivity index (χ1v) is 9.59. The number of nitrogens with two attached hydrogens (primary N) is 1. The van der Waals surface area contributed by atoms with Crippen LogP contribution in [0.2, 0.25) is 0 Å². The minimum atomic E-state index is -0.854. The summed E-state index contributed by atoms with van der Waals surface area (Å²) < 4.78 is 0. The molecule has 28 heavy (non-hydrogen) atoms. The van der Waals surface area contributed by atoms with Gasteiger partial charge in [0.15, 0.2) is 5.65 Å². The molecule has 0 aromatic carbocycles. The van der Waals surface area contributed by atoms with Gasteiger partial charge in [0.1, 0.15) is 5.52 Å². The van der Waals surface area contributed by atoms with Crippen LogP contribution in [0.5, 0.6) is 0 Å². The summed E-state index contributed by atoms with van der Waals surface area (Å²) in [5.74, 6) is 0.796. The average Bonchev–Trinajstić information content (AvgIpc) is 3.10. The summed E-state index contributed by atoms with van der Waals surface area (Å²) in [5, 5.41) is 14.4. The molecule has 2 heterocycles. The Balaban J connectivity index is 1.48. The van der Waals surface area contributed by atoms with Gasteiger partial charge in [-0.2, -0.15) is 0 Å². The maximum absolute atomic E-state index is 12.6. The van der Waals surface area contributed by atoms with Crippen LogP contribution in [0.25, 0.3) is 11.2 Å². The van der Waals surface area contributed by atoms with Gasteiger partial charge in [0.05, 0.1) is 23.2 Å². The number of carbonyl (C=O) groups is 2. The second-order valence-corrected chi connectivity index (χ2v) is 8.46. The van der Waals surface area contributed by atoms with Crippen molar-refractivity contribution in [1.29, 1.82) is 0 Å². The van der Waals surface area contributed by atoms with Crippen molar-refractivity contribution in [3.63, 3.8) is 0 Å². The lowest BCUT2D eigenvalue weighted by atomic mass is 9.52. The fraction of sp³-hybridized carbons (Fsp3) is 0.556. The van der Waals surface area contributed by atoms with Gasteiger partial charge in [-0.1, -0.05) is 0 Å². The van der Waals surface area contributed by atoms with Gasteiger partial charge in [-0.15, -0.1) is 0 Å². The van der Waals surface area contributed by atoms with Crippen molar-refractivity contribution in [3.05, 3.63) is 18.1 Å². The van der Waals surface area contributed by atoms with Gasteiger partial charge in [0, 0.05) is 12.2 Å². The van der Waals surface area contributed by atoms with Crippen molar-refractivity contribution < 1.29 is 14.7 Å². The lowest BCUT2D eigenvalue weighted by molar-refractivity contribution is -0.129. The molecule has 148 valence electrons. The Morgan fingerprint density at radius 3 is 2.61 bits per heavy atom. The molecule has 0 spiro atoms. The van der Waals surface area contributed by atoms with Crippen LogP contribution in [-0.4, -0.2) is 43.6 Å². The monoisotopic (exact) mass is 385 g/mol. The van der Waals surface area contributed by atoms with Crippen LogP contribution in [0, 0.1) is 17.8 Å². The Kier molecular flexibility index (Phi) is 3.73. The molecule has 2 aromatic rings. The summed E-state index contributed by atoms with van der Waals surface area (Å²) in [7, 11) is 0. The number of nitrogens with one attached hydrogen (secondary N) is 4. The van der Waals surface area contributed by atoms with Crippen molar-refractivity contribution >= 4 is 28.8 Å². The average molecular weight is 385 g/mol. The zero-order valence-corrected chi connectivity index (χ0v) is 15.2. The Labute approximate surface area is 160 Å². The highest BCUT2D eigenvalue weighted by atomic mass is 16.3. The molecule has 6 rings (SSSR count). The normalized spacial score (nSPS) is 33.0. The largest absolute Gasteiger partial charge is 0.390 e. The second kappa shape index (κ2) is 6.06. The van der Waals surface area contributed by atoms with E-state index in [9.17, 15) is 14.7 Å². The third-order valence-electron chi connectivity index (χ3n) is 6.55. The minimum Gasteiger partial charge on any atom is -0.390 e. The number of H-pyrrole nitrogens is 1. The molecule has 7 N–H and O–H groups in total. The van der Waals surface area contributed by atoms with Crippen molar-refractivity contribution in [1.82, 2.24) is 25.8 Å². The van der Waals surface area contributed by atoms with Crippen LogP contribution in [0.4, 0.5) is 10.5 Å². The van der Waals surface area contributed by atoms with Crippen molar-refractivity contribution in [2.75, 3.05) is 5.32 Å². The predicted molar refractivity (Wildman–Crippen MR) is 100.0 cm³/mol. The van der Waals surface area contributed by atoms with Gasteiger partial charge in [-0.3, -0.25) is 10.2 Å². The summed E-state index contributed by atoms with van der Waals surface area (Å²) >= 11 is 0. The van der Waals surface area contributed by atoms with Crippen LogP contribution in [0.1, 0.15) is 42.5 Å². The molecule has 2 aromatic heterocycles. The van der Waals surface area contributed by atoms with Gasteiger partial charge in [-0.25, -0.2) is 20.2 Å². The highest BCUT2D eigenvalue weighted by molar-refractivity contribution is 6.05. The Morgan fingerprint density at radius 2 is 1.93 bits per heavy atom. The molecular formula is C18H23N7O3. The first-order chi connectivity index (χ1) is 13.4. The van der Waals surface area contributed by atoms with E-state index in [1.54, 1.807) is 0 Å². The van der Waals surface area contributed by atoms with Gasteiger partial charge < -0.3 is 21.1 Å². The third kappa shape index (κ3) is 2.75. The zero-order chi connectivity index (χ0) is 19.5. The SMILES string of the molecule is NC(=O)NNC(=O)c1cnc2nc[nH]c2c1NC1[C@@H]2CC3C[C@H]1CC(O)(C3)C2. The Bertz CT molecular complexity index is 942. The zero-order valence-electron chi connectivity index (χ0n) is 15.2. The van der Waals surface area contributed by atoms with Gasteiger partial charge in [0.25, 0.3) is 5.91 Å². The van der Waals surface area contributed by atoms with Crippen molar-refractivity contribution in [2.24, 2.45) is 23.5 Å². The summed E-state index contributed by atoms with van der Waals surface area (Å²) in [4.78, 5) is 35.0. The summed E-state index contributed by atoms with van der Waals surface area (Å²) in [6.45, 7) is 0. The maximum atomic E-state index is 12.6. The van der Waals surface area contributed by atoms with E-state index in [1.807, 2.05) is 0 Å². The molecule has 4 aliphatic rings. The molecule has 3 amide bonds. The standard InChI is InChI=1S/C18H23N7O3/c19-17(27)25-24-16(26)11-6-20-15-14(21-7-22-15)13(11)23-12-9-1-8-2-10(12)5-18(28,3-8)4-9/h6-10,12,28H,1-5H2,(H,24,26)(H3,19,25,27)(H2,20,21,22,23)/t8?,9-,10+,12?,18?. The van der Waals surface area contributed by atoms with E-state index in [0.717, 1.165) is 32.1 Å². The van der Waals surface area contributed by atoms with E-state index in [1.165, 1.54) is 12.5 Å². The molecule has 5 atom stereocenters. The topological polar surface area (TPSA) is 158 Å². The van der Waals surface area contributed by atoms with E-state index in [0.29, 0.717) is 34.6 Å². The Hall–Kier alpha value is -2.88. The molecule has 10 nitrogen and oxygen atoms in total. The summed E-state index contributed by atoms with van der Waals surface area (Å²) in [5.41, 5.74) is 10.9. The second-order valence-electron chi connectivity index (χ2n) is 8.46. The van der Waals surface area contributed by atoms with Crippen LogP contribution >= 0.6 is 0 Å². The number of hydrogen-bond donors (Lipinski definition) is 6. The number of aromatic amines is 1. The summed E-state index contributed by atoms with van der Waals surface area (Å²) in [6.07, 6.45) is 7.66. The molecule has 3 unspecified atom stereocenters. The molecular weight excluding hydrogens is 362 g/mol. The molecule has 4 aliphatic carbocycles. The lowest BCUT2D eigenvalue weighted by Crippen LogP contribution is -2.59. The number of rotatable bonds is 3. The smallest absolute Gasteiger partial charge is 0.330 e. The number of aromatic nitrogens is 3. The first-order valence-electron chi connectivity index (χ1n) is 9.59. The van der Waals surface area contributed by atoms with Crippen LogP contribution in [-0.2, 0) is 0 Å². The van der Waals surface area contributed by atoms with Crippen LogP contribution < -0.4 is 21.9 Å². The maximum Gasteiger partial charge on any atom is 0.330 e. The quantitative estimate of drug-likeness (QED) is 0.425. The summed E-state index contributed by atoms with van der Waals surface area (Å²) in [6, 6.07) is -0.686. The third-order valence-corrected chi connectivity index (χ3v) is 6.55. The molecule has 4 fully saturated rings. The number of primary amides is 1. The number of anilines is 1. The molecule has 0 aliphatic heterocycles. The number of amides is 3. The van der Waals surface area contributed by atoms with E-state index < -0.39 is 17.5 Å².